The number of benzene rings is 1. The first-order valence-electron chi connectivity index (χ1n) is 5.00. The van der Waals surface area contributed by atoms with Crippen LogP contribution in [0.3, 0.4) is 0 Å². The van der Waals surface area contributed by atoms with Crippen LogP contribution in [0, 0.1) is 18.7 Å². The molecular formula is C12H15FO. The van der Waals surface area contributed by atoms with Crippen molar-refractivity contribution in [1.82, 2.24) is 0 Å². The average molecular weight is 194 g/mol. The zero-order valence-electron chi connectivity index (χ0n) is 8.55. The van der Waals surface area contributed by atoms with E-state index in [0.717, 1.165) is 18.4 Å². The summed E-state index contributed by atoms with van der Waals surface area (Å²) in [6.07, 6.45) is 2.09. The van der Waals surface area contributed by atoms with Gasteiger partial charge in [-0.1, -0.05) is 6.07 Å². The minimum atomic E-state index is -0.854. The van der Waals surface area contributed by atoms with Crippen molar-refractivity contribution >= 4 is 0 Å². The molecule has 2 rings (SSSR count). The van der Waals surface area contributed by atoms with Crippen LogP contribution in [0.2, 0.25) is 0 Å². The van der Waals surface area contributed by atoms with Gasteiger partial charge < -0.3 is 5.11 Å². The molecule has 1 nitrogen and oxygen atoms in total. The Morgan fingerprint density at radius 1 is 1.36 bits per heavy atom. The van der Waals surface area contributed by atoms with Gasteiger partial charge in [-0.05, 0) is 55.9 Å². The van der Waals surface area contributed by atoms with Gasteiger partial charge in [0.05, 0.1) is 5.60 Å². The van der Waals surface area contributed by atoms with Gasteiger partial charge in [0.2, 0.25) is 0 Å². The van der Waals surface area contributed by atoms with Crippen molar-refractivity contribution in [3.8, 4) is 0 Å². The maximum absolute atomic E-state index is 13.1. The molecule has 1 atom stereocenters. The molecule has 1 fully saturated rings. The molecule has 1 aliphatic rings. The third-order valence-corrected chi connectivity index (χ3v) is 3.00. The Hall–Kier alpha value is -0.890. The summed E-state index contributed by atoms with van der Waals surface area (Å²) in [5.74, 6) is 0.0459. The molecule has 1 unspecified atom stereocenters. The van der Waals surface area contributed by atoms with Crippen LogP contribution in [0.5, 0.6) is 0 Å². The molecular weight excluding hydrogens is 179 g/mol. The first-order valence-corrected chi connectivity index (χ1v) is 5.00. The van der Waals surface area contributed by atoms with Crippen molar-refractivity contribution in [1.29, 1.82) is 0 Å². The van der Waals surface area contributed by atoms with Crippen LogP contribution in [0.25, 0.3) is 0 Å². The highest BCUT2D eigenvalue weighted by Crippen LogP contribution is 2.45. The highest BCUT2D eigenvalue weighted by atomic mass is 19.1. The van der Waals surface area contributed by atoms with Crippen molar-refractivity contribution in [2.45, 2.75) is 32.3 Å². The Balaban J connectivity index is 2.39. The van der Waals surface area contributed by atoms with E-state index >= 15 is 0 Å². The fraction of sp³-hybridized carbons (Fsp3) is 0.500. The fourth-order valence-corrected chi connectivity index (χ4v) is 1.91. The van der Waals surface area contributed by atoms with E-state index in [2.05, 4.69) is 0 Å². The van der Waals surface area contributed by atoms with E-state index in [-0.39, 0.29) is 5.82 Å². The number of hydrogen-bond acceptors (Lipinski definition) is 1. The molecule has 1 aromatic carbocycles. The summed E-state index contributed by atoms with van der Waals surface area (Å²) < 4.78 is 13.1. The lowest BCUT2D eigenvalue weighted by Crippen LogP contribution is -2.24. The van der Waals surface area contributed by atoms with Crippen LogP contribution in [0.4, 0.5) is 4.39 Å². The second-order valence-electron chi connectivity index (χ2n) is 4.44. The van der Waals surface area contributed by atoms with Gasteiger partial charge in [-0.2, -0.15) is 0 Å². The molecule has 0 bridgehead atoms. The highest BCUT2D eigenvalue weighted by Gasteiger charge is 2.41. The van der Waals surface area contributed by atoms with Crippen LogP contribution >= 0.6 is 0 Å². The predicted molar refractivity (Wildman–Crippen MR) is 53.4 cm³/mol. The average Bonchev–Trinajstić information content (AvgIpc) is 2.83. The maximum Gasteiger partial charge on any atom is 0.123 e. The number of hydrogen-bond donors (Lipinski definition) is 1. The van der Waals surface area contributed by atoms with Gasteiger partial charge in [0, 0.05) is 0 Å². The first kappa shape index (κ1) is 9.66. The van der Waals surface area contributed by atoms with Gasteiger partial charge in [0.25, 0.3) is 0 Å². The summed E-state index contributed by atoms with van der Waals surface area (Å²) in [5, 5.41) is 10.2. The molecule has 1 N–H and O–H groups in total. The van der Waals surface area contributed by atoms with Gasteiger partial charge >= 0.3 is 0 Å². The van der Waals surface area contributed by atoms with Crippen LogP contribution < -0.4 is 0 Å². The smallest absolute Gasteiger partial charge is 0.123 e. The Kier molecular flexibility index (Phi) is 2.11. The summed E-state index contributed by atoms with van der Waals surface area (Å²) in [6.45, 7) is 3.62. The first-order chi connectivity index (χ1) is 6.50. The summed E-state index contributed by atoms with van der Waals surface area (Å²) in [4.78, 5) is 0. The van der Waals surface area contributed by atoms with E-state index < -0.39 is 5.60 Å². The Morgan fingerprint density at radius 2 is 2.00 bits per heavy atom. The van der Waals surface area contributed by atoms with Crippen molar-refractivity contribution < 1.29 is 9.50 Å². The summed E-state index contributed by atoms with van der Waals surface area (Å²) in [5.41, 5.74) is 0.714. The van der Waals surface area contributed by atoms with Crippen molar-refractivity contribution in [3.63, 3.8) is 0 Å². The molecule has 1 aliphatic carbocycles. The minimum absolute atomic E-state index is 0.263. The van der Waals surface area contributed by atoms with Crippen molar-refractivity contribution in [2.75, 3.05) is 0 Å². The third kappa shape index (κ3) is 1.67. The standard InChI is InChI=1S/C12H15FO/c1-8-5-10(7-11(13)6-8)12(2,14)9-3-4-9/h5-7,9,14H,3-4H2,1-2H3. The van der Waals surface area contributed by atoms with E-state index in [9.17, 15) is 9.50 Å². The zero-order chi connectivity index (χ0) is 10.3. The topological polar surface area (TPSA) is 20.2 Å². The largest absolute Gasteiger partial charge is 0.385 e. The molecule has 0 aliphatic heterocycles. The lowest BCUT2D eigenvalue weighted by Gasteiger charge is -2.24. The number of aryl methyl sites for hydroxylation is 1. The van der Waals surface area contributed by atoms with Gasteiger partial charge in [-0.15, -0.1) is 0 Å². The van der Waals surface area contributed by atoms with E-state index in [1.807, 2.05) is 13.0 Å². The van der Waals surface area contributed by atoms with Crippen LogP contribution in [-0.2, 0) is 5.60 Å². The second-order valence-corrected chi connectivity index (χ2v) is 4.44. The summed E-state index contributed by atoms with van der Waals surface area (Å²) >= 11 is 0. The third-order valence-electron chi connectivity index (χ3n) is 3.00. The van der Waals surface area contributed by atoms with Crippen LogP contribution in [0.15, 0.2) is 18.2 Å². The summed E-state index contributed by atoms with van der Waals surface area (Å²) in [6, 6.07) is 4.78. The molecule has 0 aromatic heterocycles. The Labute approximate surface area is 83.6 Å². The van der Waals surface area contributed by atoms with E-state index in [0.29, 0.717) is 11.5 Å². The van der Waals surface area contributed by atoms with Crippen molar-refractivity contribution in [2.24, 2.45) is 5.92 Å². The summed E-state index contributed by atoms with van der Waals surface area (Å²) in [7, 11) is 0. The molecule has 1 saturated carbocycles. The van der Waals surface area contributed by atoms with Gasteiger partial charge in [-0.25, -0.2) is 4.39 Å². The molecule has 0 saturated heterocycles. The molecule has 0 radical (unpaired) electrons. The fourth-order valence-electron chi connectivity index (χ4n) is 1.91. The molecule has 0 heterocycles. The molecule has 1 aromatic rings. The van der Waals surface area contributed by atoms with Crippen LogP contribution in [-0.4, -0.2) is 5.11 Å². The zero-order valence-corrected chi connectivity index (χ0v) is 8.55. The number of halogens is 1. The number of aliphatic hydroxyl groups is 1. The Bertz CT molecular complexity index is 333. The molecule has 2 heteroatoms. The molecule has 0 amide bonds. The monoisotopic (exact) mass is 194 g/mol. The number of rotatable bonds is 2. The lowest BCUT2D eigenvalue weighted by molar-refractivity contribution is 0.0327. The highest BCUT2D eigenvalue weighted by molar-refractivity contribution is 5.29. The van der Waals surface area contributed by atoms with Gasteiger partial charge in [0.15, 0.2) is 0 Å². The maximum atomic E-state index is 13.1. The normalized spacial score (nSPS) is 20.6. The van der Waals surface area contributed by atoms with E-state index in [1.165, 1.54) is 12.1 Å². The lowest BCUT2D eigenvalue weighted by atomic mass is 9.90. The molecule has 14 heavy (non-hydrogen) atoms. The predicted octanol–water partition coefficient (Wildman–Crippen LogP) is 2.75. The molecule has 0 spiro atoms. The van der Waals surface area contributed by atoms with Crippen molar-refractivity contribution in [3.05, 3.63) is 35.1 Å². The van der Waals surface area contributed by atoms with Crippen LogP contribution in [0.1, 0.15) is 30.9 Å². The SMILES string of the molecule is Cc1cc(F)cc(C(C)(O)C2CC2)c1. The minimum Gasteiger partial charge on any atom is -0.385 e. The van der Waals surface area contributed by atoms with E-state index in [4.69, 9.17) is 0 Å². The van der Waals surface area contributed by atoms with E-state index in [1.54, 1.807) is 6.92 Å². The van der Waals surface area contributed by atoms with Gasteiger partial charge in [0.1, 0.15) is 5.82 Å². The second kappa shape index (κ2) is 3.06. The quantitative estimate of drug-likeness (QED) is 0.767. The van der Waals surface area contributed by atoms with Gasteiger partial charge in [-0.3, -0.25) is 0 Å². The Morgan fingerprint density at radius 3 is 2.50 bits per heavy atom. The molecule has 76 valence electrons.